The number of carbonyl (C=O) groups excluding carboxylic acids is 1. The zero-order valence-corrected chi connectivity index (χ0v) is 17.0. The number of rotatable bonds is 3. The van der Waals surface area contributed by atoms with Crippen LogP contribution in [0.5, 0.6) is 5.75 Å². The number of fused-ring (bicyclic) bond motifs is 2. The maximum atomic E-state index is 12.0. The quantitative estimate of drug-likeness (QED) is 0.838. The van der Waals surface area contributed by atoms with E-state index in [1.54, 1.807) is 0 Å². The number of amides is 1. The SMILES string of the molecule is Cc1c(N2CCC(Oc3ccc4c(c3)C[C@@H](O)C4)CC2)nc2c(c1C)C(=O)NC2. The minimum Gasteiger partial charge on any atom is -0.490 e. The molecule has 5 rings (SSSR count). The fourth-order valence-corrected chi connectivity index (χ4v) is 4.85. The summed E-state index contributed by atoms with van der Waals surface area (Å²) in [7, 11) is 0. The van der Waals surface area contributed by atoms with E-state index in [4.69, 9.17) is 9.72 Å². The number of aliphatic hydroxyl groups is 1. The normalized spacial score (nSPS) is 21.1. The van der Waals surface area contributed by atoms with Gasteiger partial charge in [0.15, 0.2) is 0 Å². The number of hydrogen-bond acceptors (Lipinski definition) is 5. The van der Waals surface area contributed by atoms with Crippen molar-refractivity contribution in [3.8, 4) is 5.75 Å². The summed E-state index contributed by atoms with van der Waals surface area (Å²) in [6.07, 6.45) is 3.30. The molecule has 6 heteroatoms. The Hall–Kier alpha value is -2.60. The second-order valence-electron chi connectivity index (χ2n) is 8.49. The summed E-state index contributed by atoms with van der Waals surface area (Å²) < 4.78 is 6.26. The average Bonchev–Trinajstić information content (AvgIpc) is 3.26. The lowest BCUT2D eigenvalue weighted by Gasteiger charge is -2.34. The van der Waals surface area contributed by atoms with Gasteiger partial charge >= 0.3 is 0 Å². The molecule has 3 aliphatic rings. The van der Waals surface area contributed by atoms with Crippen LogP contribution < -0.4 is 15.0 Å². The van der Waals surface area contributed by atoms with Gasteiger partial charge in [-0.3, -0.25) is 4.79 Å². The number of nitrogens with one attached hydrogen (secondary N) is 1. The molecule has 3 heterocycles. The largest absolute Gasteiger partial charge is 0.490 e. The molecule has 0 spiro atoms. The molecule has 1 atom stereocenters. The minimum absolute atomic E-state index is 0.00590. The van der Waals surface area contributed by atoms with Gasteiger partial charge in [-0.2, -0.15) is 0 Å². The summed E-state index contributed by atoms with van der Waals surface area (Å²) in [4.78, 5) is 19.2. The van der Waals surface area contributed by atoms with Crippen molar-refractivity contribution >= 4 is 11.7 Å². The van der Waals surface area contributed by atoms with Crippen molar-refractivity contribution in [2.45, 2.75) is 58.3 Å². The van der Waals surface area contributed by atoms with Crippen LogP contribution in [0.3, 0.4) is 0 Å². The van der Waals surface area contributed by atoms with E-state index in [1.807, 2.05) is 13.0 Å². The average molecular weight is 393 g/mol. The number of aliphatic hydroxyl groups excluding tert-OH is 1. The van der Waals surface area contributed by atoms with Gasteiger partial charge in [-0.25, -0.2) is 4.98 Å². The van der Waals surface area contributed by atoms with Crippen LogP contribution in [0.4, 0.5) is 5.82 Å². The Morgan fingerprint density at radius 2 is 1.90 bits per heavy atom. The van der Waals surface area contributed by atoms with Crippen molar-refractivity contribution in [1.29, 1.82) is 0 Å². The molecule has 2 N–H and O–H groups in total. The van der Waals surface area contributed by atoms with Gasteiger partial charge in [0.1, 0.15) is 17.7 Å². The zero-order chi connectivity index (χ0) is 20.1. The Bertz CT molecular complexity index is 980. The van der Waals surface area contributed by atoms with Gasteiger partial charge in [-0.05, 0) is 61.1 Å². The standard InChI is InChI=1S/C23H27N3O3/c1-13-14(2)22(25-20-12-24-23(28)21(13)20)26-7-5-18(6-8-26)29-19-4-3-15-9-17(27)10-16(15)11-19/h3-4,11,17-18,27H,5-10,12H2,1-2H3,(H,24,28)/t17-/m0/s1. The van der Waals surface area contributed by atoms with Crippen molar-refractivity contribution in [3.05, 3.63) is 51.7 Å². The fourth-order valence-electron chi connectivity index (χ4n) is 4.85. The molecule has 1 aliphatic carbocycles. The molecule has 2 aliphatic heterocycles. The Balaban J connectivity index is 1.26. The number of nitrogens with zero attached hydrogens (tertiary/aromatic N) is 2. The van der Waals surface area contributed by atoms with Crippen LogP contribution in [0.2, 0.25) is 0 Å². The molecule has 1 aromatic carbocycles. The number of piperidine rings is 1. The maximum Gasteiger partial charge on any atom is 0.253 e. The number of ether oxygens (including phenoxy) is 1. The van der Waals surface area contributed by atoms with Crippen molar-refractivity contribution in [2.75, 3.05) is 18.0 Å². The number of benzene rings is 1. The number of anilines is 1. The number of pyridine rings is 1. The van der Waals surface area contributed by atoms with E-state index in [-0.39, 0.29) is 18.1 Å². The van der Waals surface area contributed by atoms with E-state index in [2.05, 4.69) is 29.3 Å². The van der Waals surface area contributed by atoms with Gasteiger partial charge in [0.2, 0.25) is 0 Å². The van der Waals surface area contributed by atoms with Crippen LogP contribution >= 0.6 is 0 Å². The third-order valence-electron chi connectivity index (χ3n) is 6.58. The first-order valence-corrected chi connectivity index (χ1v) is 10.5. The van der Waals surface area contributed by atoms with Crippen LogP contribution in [0.1, 0.15) is 51.1 Å². The molecule has 1 fully saturated rings. The van der Waals surface area contributed by atoms with Gasteiger partial charge in [0, 0.05) is 25.9 Å². The fraction of sp³-hybridized carbons (Fsp3) is 0.478. The molecule has 0 bridgehead atoms. The predicted octanol–water partition coefficient (Wildman–Crippen LogP) is 2.45. The summed E-state index contributed by atoms with van der Waals surface area (Å²) in [6, 6.07) is 6.21. The van der Waals surface area contributed by atoms with Gasteiger partial charge < -0.3 is 20.1 Å². The summed E-state index contributed by atoms with van der Waals surface area (Å²) >= 11 is 0. The number of hydrogen-bond donors (Lipinski definition) is 2. The molecule has 29 heavy (non-hydrogen) atoms. The molecule has 152 valence electrons. The van der Waals surface area contributed by atoms with Crippen molar-refractivity contribution in [3.63, 3.8) is 0 Å². The molecule has 1 saturated heterocycles. The van der Waals surface area contributed by atoms with Crippen molar-refractivity contribution < 1.29 is 14.6 Å². The highest BCUT2D eigenvalue weighted by molar-refractivity contribution is 5.99. The monoisotopic (exact) mass is 393 g/mol. The topological polar surface area (TPSA) is 74.7 Å². The lowest BCUT2D eigenvalue weighted by Crippen LogP contribution is -2.39. The van der Waals surface area contributed by atoms with Gasteiger partial charge in [-0.15, -0.1) is 0 Å². The molecule has 2 aromatic rings. The van der Waals surface area contributed by atoms with E-state index < -0.39 is 0 Å². The van der Waals surface area contributed by atoms with E-state index in [1.165, 1.54) is 11.1 Å². The Labute approximate surface area is 170 Å². The second kappa shape index (κ2) is 7.02. The molecule has 0 unspecified atom stereocenters. The third-order valence-corrected chi connectivity index (χ3v) is 6.58. The smallest absolute Gasteiger partial charge is 0.253 e. The minimum atomic E-state index is -0.250. The zero-order valence-electron chi connectivity index (χ0n) is 17.0. The summed E-state index contributed by atoms with van der Waals surface area (Å²) in [6.45, 7) is 6.38. The lowest BCUT2D eigenvalue weighted by atomic mass is 10.0. The Morgan fingerprint density at radius 1 is 1.14 bits per heavy atom. The number of aromatic nitrogens is 1. The molecule has 1 aromatic heterocycles. The van der Waals surface area contributed by atoms with Crippen molar-refractivity contribution in [1.82, 2.24) is 10.3 Å². The van der Waals surface area contributed by atoms with Crippen LogP contribution in [-0.2, 0) is 19.4 Å². The molecule has 0 radical (unpaired) electrons. The summed E-state index contributed by atoms with van der Waals surface area (Å²) in [5, 5.41) is 12.7. The predicted molar refractivity (Wildman–Crippen MR) is 111 cm³/mol. The van der Waals surface area contributed by atoms with Crippen LogP contribution in [0, 0.1) is 13.8 Å². The Kier molecular flexibility index (Phi) is 4.46. The molecule has 1 amide bonds. The van der Waals surface area contributed by atoms with Gasteiger partial charge in [0.25, 0.3) is 5.91 Å². The third kappa shape index (κ3) is 3.25. The first-order valence-electron chi connectivity index (χ1n) is 10.5. The molecule has 6 nitrogen and oxygen atoms in total. The first-order chi connectivity index (χ1) is 14.0. The highest BCUT2D eigenvalue weighted by atomic mass is 16.5. The Morgan fingerprint density at radius 3 is 2.69 bits per heavy atom. The summed E-state index contributed by atoms with van der Waals surface area (Å²) in [5.41, 5.74) is 6.21. The second-order valence-corrected chi connectivity index (χ2v) is 8.49. The molecular weight excluding hydrogens is 366 g/mol. The maximum absolute atomic E-state index is 12.0. The first kappa shape index (κ1) is 18.4. The van der Waals surface area contributed by atoms with Gasteiger partial charge in [0.05, 0.1) is 23.9 Å². The van der Waals surface area contributed by atoms with E-state index in [9.17, 15) is 9.90 Å². The van der Waals surface area contributed by atoms with Crippen LogP contribution in [-0.4, -0.2) is 41.3 Å². The van der Waals surface area contributed by atoms with E-state index in [0.29, 0.717) is 6.54 Å². The number of carbonyl (C=O) groups is 1. The van der Waals surface area contributed by atoms with Crippen LogP contribution in [0.15, 0.2) is 18.2 Å². The van der Waals surface area contributed by atoms with E-state index >= 15 is 0 Å². The highest BCUT2D eigenvalue weighted by Gasteiger charge is 2.29. The summed E-state index contributed by atoms with van der Waals surface area (Å²) in [5.74, 6) is 1.90. The van der Waals surface area contributed by atoms with Crippen LogP contribution in [0.25, 0.3) is 0 Å². The van der Waals surface area contributed by atoms with Gasteiger partial charge in [-0.1, -0.05) is 6.07 Å². The lowest BCUT2D eigenvalue weighted by molar-refractivity contribution is 0.0965. The van der Waals surface area contributed by atoms with Crippen molar-refractivity contribution in [2.24, 2.45) is 0 Å². The highest BCUT2D eigenvalue weighted by Crippen LogP contribution is 2.31. The van der Waals surface area contributed by atoms with E-state index in [0.717, 1.165) is 72.7 Å². The molecule has 0 saturated carbocycles. The molecular formula is C23H27N3O3.